The third-order valence-corrected chi connectivity index (χ3v) is 5.31. The second kappa shape index (κ2) is 5.70. The van der Waals surface area contributed by atoms with Crippen LogP contribution in [0.25, 0.3) is 10.9 Å². The van der Waals surface area contributed by atoms with Gasteiger partial charge >= 0.3 is 6.09 Å². The van der Waals surface area contributed by atoms with Crippen molar-refractivity contribution < 1.29 is 19.4 Å². The van der Waals surface area contributed by atoms with Gasteiger partial charge in [0.2, 0.25) is 0 Å². The van der Waals surface area contributed by atoms with E-state index in [1.54, 1.807) is 21.0 Å². The summed E-state index contributed by atoms with van der Waals surface area (Å²) in [5.41, 5.74) is -0.145. The number of aromatic amines is 1. The van der Waals surface area contributed by atoms with Gasteiger partial charge in [-0.3, -0.25) is 4.90 Å². The fraction of sp³-hybridized carbons (Fsp3) is 0.500. The van der Waals surface area contributed by atoms with Gasteiger partial charge in [-0.05, 0) is 50.5 Å². The SMILES string of the molecule is CCC1(C)OC(=O)N(CCc2c[nH]c3ccc(OC)cc23)C1(C)O. The smallest absolute Gasteiger partial charge is 0.412 e. The van der Waals surface area contributed by atoms with Crippen molar-refractivity contribution in [3.63, 3.8) is 0 Å². The second-order valence-electron chi connectivity index (χ2n) is 6.60. The predicted octanol–water partition coefficient (Wildman–Crippen LogP) is 3.05. The molecule has 2 aromatic rings. The van der Waals surface area contributed by atoms with E-state index in [4.69, 9.17) is 9.47 Å². The Kier molecular flexibility index (Phi) is 3.95. The van der Waals surface area contributed by atoms with Crippen LogP contribution in [0.2, 0.25) is 0 Å². The van der Waals surface area contributed by atoms with Crippen LogP contribution in [0.3, 0.4) is 0 Å². The molecule has 1 aromatic heterocycles. The Balaban J connectivity index is 1.82. The van der Waals surface area contributed by atoms with Crippen molar-refractivity contribution in [2.45, 2.75) is 44.9 Å². The molecule has 2 heterocycles. The summed E-state index contributed by atoms with van der Waals surface area (Å²) in [6.07, 6.45) is 2.62. The van der Waals surface area contributed by atoms with Gasteiger partial charge in [0, 0.05) is 23.6 Å². The molecule has 2 atom stereocenters. The van der Waals surface area contributed by atoms with Gasteiger partial charge in [0.25, 0.3) is 0 Å². The zero-order chi connectivity index (χ0) is 17.5. The standard InChI is InChI=1S/C18H24N2O4/c1-5-17(2)18(3,22)20(16(21)24-17)9-8-12-11-19-15-7-6-13(23-4)10-14(12)15/h6-7,10-11,19,22H,5,8-9H2,1-4H3. The molecule has 1 aliphatic rings. The van der Waals surface area contributed by atoms with Gasteiger partial charge in [-0.15, -0.1) is 0 Å². The summed E-state index contributed by atoms with van der Waals surface area (Å²) in [5.74, 6) is 0.787. The van der Waals surface area contributed by atoms with Crippen molar-refractivity contribution in [3.05, 3.63) is 30.0 Å². The molecule has 1 fully saturated rings. The number of methoxy groups -OCH3 is 1. The lowest BCUT2D eigenvalue weighted by atomic mass is 9.90. The lowest BCUT2D eigenvalue weighted by molar-refractivity contribution is -0.137. The highest BCUT2D eigenvalue weighted by atomic mass is 16.6. The lowest BCUT2D eigenvalue weighted by Gasteiger charge is -2.36. The van der Waals surface area contributed by atoms with Crippen LogP contribution >= 0.6 is 0 Å². The minimum absolute atomic E-state index is 0.381. The van der Waals surface area contributed by atoms with Gasteiger partial charge in [0.15, 0.2) is 11.3 Å². The largest absolute Gasteiger partial charge is 0.497 e. The first-order valence-electron chi connectivity index (χ1n) is 8.19. The van der Waals surface area contributed by atoms with Crippen LogP contribution in [0, 0.1) is 0 Å². The maximum Gasteiger partial charge on any atom is 0.412 e. The summed E-state index contributed by atoms with van der Waals surface area (Å²) in [6.45, 7) is 5.68. The van der Waals surface area contributed by atoms with Crippen molar-refractivity contribution in [1.29, 1.82) is 0 Å². The van der Waals surface area contributed by atoms with Crippen LogP contribution in [0.4, 0.5) is 4.79 Å². The molecular formula is C18H24N2O4. The van der Waals surface area contributed by atoms with Crippen molar-refractivity contribution in [3.8, 4) is 5.75 Å². The van der Waals surface area contributed by atoms with Gasteiger partial charge in [0.05, 0.1) is 7.11 Å². The monoisotopic (exact) mass is 332 g/mol. The van der Waals surface area contributed by atoms with Crippen LogP contribution in [0.5, 0.6) is 5.75 Å². The first-order valence-corrected chi connectivity index (χ1v) is 8.19. The topological polar surface area (TPSA) is 74.8 Å². The van der Waals surface area contributed by atoms with Crippen molar-refractivity contribution >= 4 is 17.0 Å². The zero-order valence-electron chi connectivity index (χ0n) is 14.5. The Morgan fingerprint density at radius 2 is 2.12 bits per heavy atom. The molecule has 6 nitrogen and oxygen atoms in total. The van der Waals surface area contributed by atoms with Crippen LogP contribution in [-0.4, -0.2) is 46.1 Å². The van der Waals surface area contributed by atoms with E-state index in [-0.39, 0.29) is 0 Å². The third kappa shape index (κ3) is 2.41. The molecule has 1 aromatic carbocycles. The molecule has 2 unspecified atom stereocenters. The Bertz CT molecular complexity index is 767. The second-order valence-corrected chi connectivity index (χ2v) is 6.60. The van der Waals surface area contributed by atoms with Gasteiger partial charge in [-0.25, -0.2) is 4.79 Å². The van der Waals surface area contributed by atoms with E-state index in [1.807, 2.05) is 31.3 Å². The number of hydrogen-bond donors (Lipinski definition) is 2. The van der Waals surface area contributed by atoms with Gasteiger partial charge in [-0.2, -0.15) is 0 Å². The predicted molar refractivity (Wildman–Crippen MR) is 91.1 cm³/mol. The molecule has 2 N–H and O–H groups in total. The van der Waals surface area contributed by atoms with Gasteiger partial charge in [-0.1, -0.05) is 6.92 Å². The molecule has 1 saturated heterocycles. The number of ether oxygens (including phenoxy) is 2. The average molecular weight is 332 g/mol. The fourth-order valence-corrected chi connectivity index (χ4v) is 3.25. The number of aromatic nitrogens is 1. The first kappa shape index (κ1) is 16.6. The number of fused-ring (bicyclic) bond motifs is 1. The molecule has 0 aliphatic carbocycles. The lowest BCUT2D eigenvalue weighted by Crippen LogP contribution is -2.55. The van der Waals surface area contributed by atoms with Gasteiger partial charge < -0.3 is 19.6 Å². The van der Waals surface area contributed by atoms with E-state index in [2.05, 4.69) is 4.98 Å². The van der Waals surface area contributed by atoms with E-state index in [0.29, 0.717) is 19.4 Å². The normalized spacial score (nSPS) is 26.9. The number of carbonyl (C=O) groups is 1. The summed E-state index contributed by atoms with van der Waals surface area (Å²) < 4.78 is 10.7. The van der Waals surface area contributed by atoms with Crippen LogP contribution < -0.4 is 4.74 Å². The highest BCUT2D eigenvalue weighted by Crippen LogP contribution is 2.39. The van der Waals surface area contributed by atoms with E-state index >= 15 is 0 Å². The number of cyclic esters (lactones) is 1. The quantitative estimate of drug-likeness (QED) is 0.882. The first-order chi connectivity index (χ1) is 11.3. The molecule has 0 spiro atoms. The van der Waals surface area contributed by atoms with Crippen LogP contribution in [0.15, 0.2) is 24.4 Å². The third-order valence-electron chi connectivity index (χ3n) is 5.31. The summed E-state index contributed by atoms with van der Waals surface area (Å²) in [4.78, 5) is 16.8. The van der Waals surface area contributed by atoms with Crippen molar-refractivity contribution in [2.24, 2.45) is 0 Å². The zero-order valence-corrected chi connectivity index (χ0v) is 14.5. The number of nitrogens with zero attached hydrogens (tertiary/aromatic N) is 1. The van der Waals surface area contributed by atoms with E-state index < -0.39 is 17.4 Å². The Labute approximate surface area is 141 Å². The van der Waals surface area contributed by atoms with Crippen LogP contribution in [-0.2, 0) is 11.2 Å². The molecule has 1 amide bonds. The number of H-pyrrole nitrogens is 1. The molecule has 0 radical (unpaired) electrons. The highest BCUT2D eigenvalue weighted by Gasteiger charge is 2.58. The number of amides is 1. The number of benzene rings is 1. The number of carbonyl (C=O) groups excluding carboxylic acids is 1. The molecule has 3 rings (SSSR count). The number of nitrogens with one attached hydrogen (secondary N) is 1. The molecule has 0 saturated carbocycles. The van der Waals surface area contributed by atoms with Gasteiger partial charge in [0.1, 0.15) is 5.75 Å². The Morgan fingerprint density at radius 3 is 2.75 bits per heavy atom. The average Bonchev–Trinajstić information content (AvgIpc) is 3.03. The fourth-order valence-electron chi connectivity index (χ4n) is 3.25. The summed E-state index contributed by atoms with van der Waals surface area (Å²) in [5, 5.41) is 11.9. The highest BCUT2D eigenvalue weighted by molar-refractivity contribution is 5.84. The van der Waals surface area contributed by atoms with E-state index in [9.17, 15) is 9.90 Å². The maximum atomic E-state index is 12.2. The van der Waals surface area contributed by atoms with Crippen molar-refractivity contribution in [2.75, 3.05) is 13.7 Å². The van der Waals surface area contributed by atoms with Crippen LogP contribution in [0.1, 0.15) is 32.8 Å². The summed E-state index contributed by atoms with van der Waals surface area (Å²) in [6, 6.07) is 5.84. The molecule has 0 bridgehead atoms. The van der Waals surface area contributed by atoms with Crippen molar-refractivity contribution in [1.82, 2.24) is 9.88 Å². The number of rotatable bonds is 5. The molecular weight excluding hydrogens is 308 g/mol. The molecule has 130 valence electrons. The summed E-state index contributed by atoms with van der Waals surface area (Å²) >= 11 is 0. The molecule has 1 aliphatic heterocycles. The molecule has 24 heavy (non-hydrogen) atoms. The van der Waals surface area contributed by atoms with E-state index in [1.165, 1.54) is 4.90 Å². The minimum Gasteiger partial charge on any atom is -0.497 e. The van der Waals surface area contributed by atoms with E-state index in [0.717, 1.165) is 22.2 Å². The maximum absolute atomic E-state index is 12.2. The Hall–Kier alpha value is -2.21. The molecule has 6 heteroatoms. The summed E-state index contributed by atoms with van der Waals surface area (Å²) in [7, 11) is 1.64. The minimum atomic E-state index is -1.33. The number of hydrogen-bond acceptors (Lipinski definition) is 4. The number of aliphatic hydroxyl groups is 1. The Morgan fingerprint density at radius 1 is 1.38 bits per heavy atom.